The Balaban J connectivity index is 2.00. The van der Waals surface area contributed by atoms with Crippen LogP contribution in [-0.4, -0.2) is 35.3 Å². The highest BCUT2D eigenvalue weighted by Crippen LogP contribution is 2.17. The van der Waals surface area contributed by atoms with Gasteiger partial charge in [0.05, 0.1) is 12.1 Å². The number of pyridine rings is 1. The van der Waals surface area contributed by atoms with E-state index in [2.05, 4.69) is 10.3 Å². The summed E-state index contributed by atoms with van der Waals surface area (Å²) in [6.45, 7) is 5.79. The Bertz CT molecular complexity index is 724. The number of carbonyl (C=O) groups excluding carboxylic acids is 2. The molecule has 1 heterocycles. The number of likely N-dealkylation sites (N-methyl/N-ethyl adjacent to an activating group) is 1. The van der Waals surface area contributed by atoms with Gasteiger partial charge in [0.15, 0.2) is 0 Å². The molecule has 1 N–H and O–H groups in total. The van der Waals surface area contributed by atoms with E-state index >= 15 is 0 Å². The average molecular weight is 311 g/mol. The van der Waals surface area contributed by atoms with E-state index in [9.17, 15) is 9.59 Å². The maximum absolute atomic E-state index is 12.3. The average Bonchev–Trinajstić information content (AvgIpc) is 2.52. The smallest absolute Gasteiger partial charge is 0.255 e. The zero-order valence-corrected chi connectivity index (χ0v) is 13.9. The number of hydrogen-bond donors (Lipinski definition) is 1. The van der Waals surface area contributed by atoms with Gasteiger partial charge in [0.1, 0.15) is 0 Å². The van der Waals surface area contributed by atoms with Gasteiger partial charge in [-0.1, -0.05) is 12.1 Å². The topological polar surface area (TPSA) is 62.3 Å². The molecule has 2 amide bonds. The summed E-state index contributed by atoms with van der Waals surface area (Å²) < 4.78 is 0. The van der Waals surface area contributed by atoms with Crippen molar-refractivity contribution in [3.8, 4) is 0 Å². The predicted octanol–water partition coefficient (Wildman–Crippen LogP) is 2.72. The number of hydrogen-bond acceptors (Lipinski definition) is 3. The van der Waals surface area contributed by atoms with E-state index in [1.54, 1.807) is 19.2 Å². The van der Waals surface area contributed by atoms with Gasteiger partial charge in [-0.05, 0) is 50.1 Å². The first-order valence-corrected chi connectivity index (χ1v) is 7.42. The van der Waals surface area contributed by atoms with Crippen LogP contribution in [0.4, 0.5) is 5.69 Å². The van der Waals surface area contributed by atoms with Gasteiger partial charge in [-0.2, -0.15) is 0 Å². The summed E-state index contributed by atoms with van der Waals surface area (Å²) in [6, 6.07) is 9.22. The lowest BCUT2D eigenvalue weighted by atomic mass is 10.1. The summed E-state index contributed by atoms with van der Waals surface area (Å²) in [4.78, 5) is 29.9. The number of anilines is 1. The highest BCUT2D eigenvalue weighted by atomic mass is 16.2. The minimum absolute atomic E-state index is 0.0138. The molecule has 0 aliphatic rings. The Hall–Kier alpha value is -2.69. The van der Waals surface area contributed by atoms with Crippen LogP contribution in [0.5, 0.6) is 0 Å². The van der Waals surface area contributed by atoms with E-state index < -0.39 is 0 Å². The molecule has 0 aliphatic carbocycles. The number of nitrogens with one attached hydrogen (secondary N) is 1. The Labute approximate surface area is 136 Å². The van der Waals surface area contributed by atoms with Crippen molar-refractivity contribution in [2.24, 2.45) is 0 Å². The second kappa shape index (κ2) is 7.05. The van der Waals surface area contributed by atoms with Crippen molar-refractivity contribution < 1.29 is 9.59 Å². The second-order valence-corrected chi connectivity index (χ2v) is 5.65. The molecule has 1 aromatic carbocycles. The van der Waals surface area contributed by atoms with Crippen LogP contribution in [0.25, 0.3) is 0 Å². The molecule has 0 radical (unpaired) electrons. The number of amides is 2. The molecule has 0 atom stereocenters. The number of aryl methyl sites for hydroxylation is 2. The third kappa shape index (κ3) is 4.16. The molecule has 23 heavy (non-hydrogen) atoms. The highest BCUT2D eigenvalue weighted by molar-refractivity contribution is 5.99. The Morgan fingerprint density at radius 1 is 1.13 bits per heavy atom. The maximum atomic E-state index is 12.3. The van der Waals surface area contributed by atoms with Gasteiger partial charge >= 0.3 is 0 Å². The summed E-state index contributed by atoms with van der Waals surface area (Å²) in [6.07, 6.45) is 1.52. The number of carbonyl (C=O) groups is 2. The van der Waals surface area contributed by atoms with Crippen LogP contribution in [0.3, 0.4) is 0 Å². The summed E-state index contributed by atoms with van der Waals surface area (Å²) >= 11 is 0. The van der Waals surface area contributed by atoms with Gasteiger partial charge in [-0.3, -0.25) is 14.6 Å². The number of rotatable bonds is 4. The highest BCUT2D eigenvalue weighted by Gasteiger charge is 2.15. The molecule has 0 saturated carbocycles. The molecule has 1 aromatic heterocycles. The molecular formula is C18H21N3O2. The van der Waals surface area contributed by atoms with Crippen LogP contribution in [0.1, 0.15) is 27.2 Å². The lowest BCUT2D eigenvalue weighted by Crippen LogP contribution is -2.35. The summed E-state index contributed by atoms with van der Waals surface area (Å²) in [5.41, 5.74) is 4.22. The molecule has 120 valence electrons. The van der Waals surface area contributed by atoms with Crippen molar-refractivity contribution in [3.05, 3.63) is 58.9 Å². The summed E-state index contributed by atoms with van der Waals surface area (Å²) in [5, 5.41) is 2.85. The number of nitrogens with zero attached hydrogens (tertiary/aromatic N) is 2. The van der Waals surface area contributed by atoms with Crippen molar-refractivity contribution in [2.45, 2.75) is 20.8 Å². The first-order chi connectivity index (χ1) is 10.9. The van der Waals surface area contributed by atoms with Crippen LogP contribution < -0.4 is 5.32 Å². The van der Waals surface area contributed by atoms with Crippen molar-refractivity contribution in [1.82, 2.24) is 9.88 Å². The van der Waals surface area contributed by atoms with E-state index in [1.807, 2.05) is 39.0 Å². The molecule has 0 bridgehead atoms. The maximum Gasteiger partial charge on any atom is 0.255 e. The van der Waals surface area contributed by atoms with E-state index in [0.717, 1.165) is 22.5 Å². The number of benzene rings is 1. The third-order valence-corrected chi connectivity index (χ3v) is 3.76. The molecule has 5 heteroatoms. The third-order valence-electron chi connectivity index (χ3n) is 3.76. The van der Waals surface area contributed by atoms with Crippen LogP contribution in [0.15, 0.2) is 36.5 Å². The minimum atomic E-state index is -0.228. The Kier molecular flexibility index (Phi) is 5.11. The fraction of sp³-hybridized carbons (Fsp3) is 0.278. The van der Waals surface area contributed by atoms with Gasteiger partial charge in [0.25, 0.3) is 5.91 Å². The first kappa shape index (κ1) is 16.7. The summed E-state index contributed by atoms with van der Waals surface area (Å²) in [5.74, 6) is -0.455. The fourth-order valence-corrected chi connectivity index (χ4v) is 2.18. The second-order valence-electron chi connectivity index (χ2n) is 5.65. The summed E-state index contributed by atoms with van der Waals surface area (Å²) in [7, 11) is 1.60. The standard InChI is InChI=1S/C18H21N3O2/c1-12-6-5-7-16(14(12)3)20-17(22)11-21(4)18(23)15-9-8-13(2)19-10-15/h5-10H,11H2,1-4H3,(H,20,22). The molecule has 0 fully saturated rings. The monoisotopic (exact) mass is 311 g/mol. The molecule has 0 spiro atoms. The number of aromatic nitrogens is 1. The minimum Gasteiger partial charge on any atom is -0.332 e. The normalized spacial score (nSPS) is 10.3. The molecular weight excluding hydrogens is 290 g/mol. The fourth-order valence-electron chi connectivity index (χ4n) is 2.18. The van der Waals surface area contributed by atoms with Crippen LogP contribution in [0, 0.1) is 20.8 Å². The molecule has 0 aliphatic heterocycles. The van der Waals surface area contributed by atoms with Crippen LogP contribution in [-0.2, 0) is 4.79 Å². The van der Waals surface area contributed by atoms with Gasteiger partial charge in [0.2, 0.25) is 5.91 Å². The quantitative estimate of drug-likeness (QED) is 0.944. The van der Waals surface area contributed by atoms with E-state index in [1.165, 1.54) is 11.1 Å². The molecule has 0 unspecified atom stereocenters. The van der Waals surface area contributed by atoms with E-state index in [4.69, 9.17) is 0 Å². The Morgan fingerprint density at radius 3 is 2.52 bits per heavy atom. The molecule has 2 rings (SSSR count). The lowest BCUT2D eigenvalue weighted by Gasteiger charge is -2.17. The van der Waals surface area contributed by atoms with E-state index in [-0.39, 0.29) is 18.4 Å². The zero-order chi connectivity index (χ0) is 17.0. The lowest BCUT2D eigenvalue weighted by molar-refractivity contribution is -0.116. The van der Waals surface area contributed by atoms with Crippen molar-refractivity contribution in [2.75, 3.05) is 18.9 Å². The molecule has 0 saturated heterocycles. The van der Waals surface area contributed by atoms with Crippen LogP contribution >= 0.6 is 0 Å². The molecule has 2 aromatic rings. The SMILES string of the molecule is Cc1ccc(C(=O)N(C)CC(=O)Nc2cccc(C)c2C)cn1. The van der Waals surface area contributed by atoms with Crippen molar-refractivity contribution in [3.63, 3.8) is 0 Å². The zero-order valence-electron chi connectivity index (χ0n) is 13.9. The van der Waals surface area contributed by atoms with Crippen molar-refractivity contribution in [1.29, 1.82) is 0 Å². The van der Waals surface area contributed by atoms with E-state index in [0.29, 0.717) is 5.56 Å². The Morgan fingerprint density at radius 2 is 1.87 bits per heavy atom. The predicted molar refractivity (Wildman–Crippen MR) is 90.5 cm³/mol. The van der Waals surface area contributed by atoms with Gasteiger partial charge in [0, 0.05) is 24.6 Å². The molecule has 5 nitrogen and oxygen atoms in total. The largest absolute Gasteiger partial charge is 0.332 e. The van der Waals surface area contributed by atoms with Crippen LogP contribution in [0.2, 0.25) is 0 Å². The van der Waals surface area contributed by atoms with Gasteiger partial charge in [-0.25, -0.2) is 0 Å². The van der Waals surface area contributed by atoms with Gasteiger partial charge < -0.3 is 10.2 Å². The van der Waals surface area contributed by atoms with Gasteiger partial charge in [-0.15, -0.1) is 0 Å². The first-order valence-electron chi connectivity index (χ1n) is 7.42. The van der Waals surface area contributed by atoms with Crippen molar-refractivity contribution >= 4 is 17.5 Å².